The van der Waals surface area contributed by atoms with E-state index < -0.39 is 11.2 Å². The van der Waals surface area contributed by atoms with Crippen LogP contribution < -0.4 is 10.6 Å². The fraction of sp³-hybridized carbons (Fsp3) is 0.815. The fourth-order valence-corrected chi connectivity index (χ4v) is 15.7. The molecule has 0 amide bonds. The molecule has 13 rings (SSSR count). The van der Waals surface area contributed by atoms with E-state index in [1.54, 1.807) is 0 Å². The van der Waals surface area contributed by atoms with E-state index in [1.807, 2.05) is 74.5 Å². The molecule has 0 spiro atoms. The number of fused-ring (bicyclic) bond motifs is 2. The largest absolute Gasteiger partial charge is 0.390 e. The van der Waals surface area contributed by atoms with Crippen LogP contribution in [0.5, 0.6) is 0 Å². The summed E-state index contributed by atoms with van der Waals surface area (Å²) >= 11 is 0. The fourth-order valence-electron chi connectivity index (χ4n) is 15.7. The van der Waals surface area contributed by atoms with Gasteiger partial charge < -0.3 is 41.3 Å². The summed E-state index contributed by atoms with van der Waals surface area (Å²) in [6.07, 6.45) is 39.9. The molecular formula is C65H106N2O6. The third kappa shape index (κ3) is 14.2. The lowest BCUT2D eigenvalue weighted by Gasteiger charge is -2.39. The summed E-state index contributed by atoms with van der Waals surface area (Å²) in [5.74, 6) is 3.05. The summed E-state index contributed by atoms with van der Waals surface area (Å²) in [5, 5.41) is 68.7. The molecule has 2 heterocycles. The van der Waals surface area contributed by atoms with E-state index in [2.05, 4.69) is 24.5 Å². The van der Waals surface area contributed by atoms with Gasteiger partial charge in [-0.05, 0) is 188 Å². The minimum Gasteiger partial charge on any atom is -0.390 e. The van der Waals surface area contributed by atoms with Crippen molar-refractivity contribution in [3.05, 3.63) is 71.8 Å². The van der Waals surface area contributed by atoms with Crippen LogP contribution in [0.4, 0.5) is 0 Å². The first-order valence-electron chi connectivity index (χ1n) is 30.8. The van der Waals surface area contributed by atoms with Gasteiger partial charge in [0.15, 0.2) is 0 Å². The van der Waals surface area contributed by atoms with Gasteiger partial charge in [-0.15, -0.1) is 0 Å². The van der Waals surface area contributed by atoms with Gasteiger partial charge in [-0.1, -0.05) is 158 Å². The van der Waals surface area contributed by atoms with Crippen molar-refractivity contribution in [3.8, 4) is 0 Å². The Bertz CT molecular complexity index is 1850. The lowest BCUT2D eigenvalue weighted by molar-refractivity contribution is -0.0442. The molecule has 8 heteroatoms. The predicted molar refractivity (Wildman–Crippen MR) is 298 cm³/mol. The standard InChI is InChI=1S/2C12H16O.C11H19NO.C11H21NO.C10H18O.C9H16O/c2*1-12(13,11-8-5-9-11)10-6-3-2-4-7-10;13-11(5-1-2-6-11)10-8-3-4-9(7-8)12-10;1-10(2)7-9(12-8-10)11(13)5-3-4-6-11;11-10(7-3-4-8-10)9-5-1-2-6-9;10-9(6-1-2-7-9)8-4-3-5-8/h2*2-4,6-7,11,13H,5,8-9H2,1H3;8-10,12-13H,1-7H2;9,12-13H,3-8H2,1-2H3;9,11H,1-8H2;8,10H,1-7H2/t2*12-;8?,9?,10-;9-;;/m1000../s1. The van der Waals surface area contributed by atoms with E-state index in [0.29, 0.717) is 41.2 Å². The van der Waals surface area contributed by atoms with E-state index in [4.69, 9.17) is 0 Å². The highest BCUT2D eigenvalue weighted by molar-refractivity contribution is 5.24. The molecular weight excluding hydrogens is 905 g/mol. The molecule has 2 aromatic rings. The third-order valence-corrected chi connectivity index (χ3v) is 21.5. The first-order valence-corrected chi connectivity index (χ1v) is 30.8. The van der Waals surface area contributed by atoms with Gasteiger partial charge in [0.2, 0.25) is 0 Å². The first-order chi connectivity index (χ1) is 34.8. The van der Waals surface area contributed by atoms with E-state index in [1.165, 1.54) is 154 Å². The van der Waals surface area contributed by atoms with Crippen molar-refractivity contribution < 1.29 is 30.6 Å². The number of hydrogen-bond donors (Lipinski definition) is 8. The molecule has 73 heavy (non-hydrogen) atoms. The molecule has 2 unspecified atom stereocenters. The Kier molecular flexibility index (Phi) is 19.5. The summed E-state index contributed by atoms with van der Waals surface area (Å²) in [5.41, 5.74) is 0.115. The normalized spacial score (nSPS) is 31.9. The molecule has 412 valence electrons. The van der Waals surface area contributed by atoms with Crippen LogP contribution in [0.2, 0.25) is 0 Å². The summed E-state index contributed by atoms with van der Waals surface area (Å²) in [7, 11) is 0. The van der Waals surface area contributed by atoms with Gasteiger partial charge in [0, 0.05) is 24.7 Å². The Morgan fingerprint density at radius 3 is 1.15 bits per heavy atom. The monoisotopic (exact) mass is 1010 g/mol. The van der Waals surface area contributed by atoms with Crippen LogP contribution in [0.3, 0.4) is 0 Å². The van der Waals surface area contributed by atoms with E-state index >= 15 is 0 Å². The maximum Gasteiger partial charge on any atom is 0.0896 e. The molecule has 0 radical (unpaired) electrons. The third-order valence-electron chi connectivity index (χ3n) is 21.5. The molecule has 8 nitrogen and oxygen atoms in total. The van der Waals surface area contributed by atoms with Crippen molar-refractivity contribution in [1.82, 2.24) is 10.6 Å². The van der Waals surface area contributed by atoms with Gasteiger partial charge in [-0.3, -0.25) is 0 Å². The molecule has 2 bridgehead atoms. The van der Waals surface area contributed by atoms with E-state index in [-0.39, 0.29) is 22.4 Å². The summed E-state index contributed by atoms with van der Waals surface area (Å²) in [6.45, 7) is 9.48. The Morgan fingerprint density at radius 1 is 0.452 bits per heavy atom. The SMILES string of the molecule is CC1(C)CN[C@H](C2(O)CCCC2)C1.C[C@@](O)(c1ccccc1)C1CCC1.C[C@](O)(c1ccccc1)C1CCC1.OC1(C2CCC2)CCCC1.OC1(C2CCCC2)CCCC1.OC1([C@H]2NC3CCC2C3)CCCC1. The quantitative estimate of drug-likeness (QED) is 0.131. The summed E-state index contributed by atoms with van der Waals surface area (Å²) < 4.78 is 0. The Labute approximate surface area is 444 Å². The molecule has 9 saturated carbocycles. The molecule has 6 atom stereocenters. The highest BCUT2D eigenvalue weighted by atomic mass is 16.3. The van der Waals surface area contributed by atoms with Crippen LogP contribution in [0.15, 0.2) is 60.7 Å². The summed E-state index contributed by atoms with van der Waals surface area (Å²) in [6, 6.07) is 21.5. The minimum absolute atomic E-state index is 0.210. The maximum absolute atomic E-state index is 10.5. The Hall–Kier alpha value is -1.88. The van der Waals surface area contributed by atoms with Crippen LogP contribution in [0.1, 0.15) is 251 Å². The topological polar surface area (TPSA) is 145 Å². The molecule has 0 aromatic heterocycles. The van der Waals surface area contributed by atoms with Crippen molar-refractivity contribution in [2.75, 3.05) is 6.54 Å². The zero-order chi connectivity index (χ0) is 51.8. The summed E-state index contributed by atoms with van der Waals surface area (Å²) in [4.78, 5) is 0. The van der Waals surface area contributed by atoms with Gasteiger partial charge in [-0.2, -0.15) is 0 Å². The molecule has 2 aliphatic heterocycles. The molecule has 8 N–H and O–H groups in total. The zero-order valence-corrected chi connectivity index (χ0v) is 46.6. The Morgan fingerprint density at radius 2 is 0.836 bits per heavy atom. The lowest BCUT2D eigenvalue weighted by Crippen LogP contribution is -2.52. The molecule has 2 aromatic carbocycles. The number of aliphatic hydroxyl groups is 6. The number of nitrogens with one attached hydrogen (secondary N) is 2. The average molecular weight is 1010 g/mol. The second kappa shape index (κ2) is 24.8. The average Bonchev–Trinajstić information content (AvgIpc) is 4.17. The van der Waals surface area contributed by atoms with Crippen LogP contribution in [-0.2, 0) is 11.2 Å². The van der Waals surface area contributed by atoms with Crippen molar-refractivity contribution in [1.29, 1.82) is 0 Å². The van der Waals surface area contributed by atoms with Gasteiger partial charge in [0.05, 0.1) is 33.6 Å². The van der Waals surface area contributed by atoms with Crippen molar-refractivity contribution in [2.24, 2.45) is 35.0 Å². The maximum atomic E-state index is 10.5. The van der Waals surface area contributed by atoms with Gasteiger partial charge in [0.25, 0.3) is 0 Å². The van der Waals surface area contributed by atoms with Crippen molar-refractivity contribution >= 4 is 0 Å². The second-order valence-corrected chi connectivity index (χ2v) is 27.4. The number of rotatable bonds is 8. The molecule has 11 fully saturated rings. The second-order valence-electron chi connectivity index (χ2n) is 27.4. The number of benzene rings is 2. The first kappa shape index (κ1) is 57.3. The number of hydrogen-bond acceptors (Lipinski definition) is 8. The van der Waals surface area contributed by atoms with Crippen molar-refractivity contribution in [2.45, 2.75) is 291 Å². The smallest absolute Gasteiger partial charge is 0.0896 e. The lowest BCUT2D eigenvalue weighted by atomic mass is 9.71. The minimum atomic E-state index is -0.612. The van der Waals surface area contributed by atoms with Crippen molar-refractivity contribution in [3.63, 3.8) is 0 Å². The van der Waals surface area contributed by atoms with Gasteiger partial charge >= 0.3 is 0 Å². The van der Waals surface area contributed by atoms with E-state index in [0.717, 1.165) is 87.4 Å². The van der Waals surface area contributed by atoms with Crippen LogP contribution in [0, 0.1) is 35.0 Å². The van der Waals surface area contributed by atoms with Crippen LogP contribution in [-0.4, -0.2) is 77.7 Å². The highest BCUT2D eigenvalue weighted by Crippen LogP contribution is 2.48. The van der Waals surface area contributed by atoms with Gasteiger partial charge in [0.1, 0.15) is 0 Å². The molecule has 2 saturated heterocycles. The van der Waals surface area contributed by atoms with Crippen LogP contribution >= 0.6 is 0 Å². The molecule has 11 aliphatic rings. The Balaban J connectivity index is 0.000000117. The highest BCUT2D eigenvalue weighted by Gasteiger charge is 2.51. The molecule has 9 aliphatic carbocycles. The van der Waals surface area contributed by atoms with Crippen LogP contribution in [0.25, 0.3) is 0 Å². The predicted octanol–water partition coefficient (Wildman–Crippen LogP) is 13.1. The zero-order valence-electron chi connectivity index (χ0n) is 46.6. The van der Waals surface area contributed by atoms with Gasteiger partial charge in [-0.25, -0.2) is 0 Å². The number of piperidine rings is 1. The van der Waals surface area contributed by atoms with E-state index in [9.17, 15) is 30.6 Å².